The number of amides is 3. The summed E-state index contributed by atoms with van der Waals surface area (Å²) < 4.78 is 0. The number of rotatable bonds is 2. The van der Waals surface area contributed by atoms with Gasteiger partial charge in [-0.25, -0.2) is 4.79 Å². The van der Waals surface area contributed by atoms with Crippen LogP contribution in [0, 0.1) is 5.92 Å². The normalized spacial score (nSPS) is 28.1. The van der Waals surface area contributed by atoms with Gasteiger partial charge in [0, 0.05) is 26.1 Å². The highest BCUT2D eigenvalue weighted by Gasteiger charge is 2.26. The fourth-order valence-corrected chi connectivity index (χ4v) is 2.51. The molecule has 1 unspecified atom stereocenters. The van der Waals surface area contributed by atoms with Crippen molar-refractivity contribution in [3.63, 3.8) is 0 Å². The molecule has 5 heteroatoms. The van der Waals surface area contributed by atoms with Crippen molar-refractivity contribution in [3.8, 4) is 0 Å². The lowest BCUT2D eigenvalue weighted by atomic mass is 9.98. The van der Waals surface area contributed by atoms with Gasteiger partial charge in [0.1, 0.15) is 0 Å². The Hall–Kier alpha value is -1.10. The highest BCUT2D eigenvalue weighted by atomic mass is 16.2. The summed E-state index contributed by atoms with van der Waals surface area (Å²) in [6.45, 7) is 3.56. The number of hydrogen-bond donors (Lipinski definition) is 1. The molecule has 0 radical (unpaired) electrons. The molecule has 90 valence electrons. The number of carbonyl (C=O) groups excluding carboxylic acids is 2. The van der Waals surface area contributed by atoms with Crippen LogP contribution in [0.4, 0.5) is 4.79 Å². The van der Waals surface area contributed by atoms with Crippen LogP contribution in [-0.2, 0) is 4.79 Å². The van der Waals surface area contributed by atoms with Gasteiger partial charge in [0.15, 0.2) is 0 Å². The summed E-state index contributed by atoms with van der Waals surface area (Å²) in [6.07, 6.45) is 2.83. The molecule has 0 aromatic heterocycles. The van der Waals surface area contributed by atoms with Crippen molar-refractivity contribution in [2.45, 2.75) is 19.3 Å². The van der Waals surface area contributed by atoms with Crippen molar-refractivity contribution < 1.29 is 9.59 Å². The molecule has 1 atom stereocenters. The van der Waals surface area contributed by atoms with E-state index in [0.717, 1.165) is 19.6 Å². The molecule has 0 spiro atoms. The van der Waals surface area contributed by atoms with E-state index in [4.69, 9.17) is 0 Å². The molecule has 0 aromatic rings. The zero-order valence-corrected chi connectivity index (χ0v) is 9.74. The summed E-state index contributed by atoms with van der Waals surface area (Å²) in [5.41, 5.74) is 0. The van der Waals surface area contributed by atoms with Crippen LogP contribution in [0.5, 0.6) is 0 Å². The van der Waals surface area contributed by atoms with Gasteiger partial charge in [-0.1, -0.05) is 0 Å². The molecule has 2 fully saturated rings. The van der Waals surface area contributed by atoms with E-state index in [1.165, 1.54) is 12.8 Å². The van der Waals surface area contributed by atoms with Gasteiger partial charge in [0.05, 0.1) is 0 Å². The molecule has 2 saturated heterocycles. The molecule has 0 aromatic carbocycles. The molecule has 2 aliphatic rings. The molecule has 16 heavy (non-hydrogen) atoms. The highest BCUT2D eigenvalue weighted by Crippen LogP contribution is 2.17. The minimum Gasteiger partial charge on any atom is -0.324 e. The molecule has 3 amide bonds. The quantitative estimate of drug-likeness (QED) is 0.734. The first-order valence-corrected chi connectivity index (χ1v) is 5.92. The third kappa shape index (κ3) is 2.72. The Kier molecular flexibility index (Phi) is 3.43. The lowest BCUT2D eigenvalue weighted by Gasteiger charge is -2.35. The Labute approximate surface area is 95.8 Å². The van der Waals surface area contributed by atoms with Gasteiger partial charge in [0.2, 0.25) is 5.91 Å². The predicted octanol–water partition coefficient (Wildman–Crippen LogP) is 0.270. The monoisotopic (exact) mass is 225 g/mol. The number of hydrogen-bond acceptors (Lipinski definition) is 3. The molecule has 2 heterocycles. The van der Waals surface area contributed by atoms with Gasteiger partial charge >= 0.3 is 6.03 Å². The van der Waals surface area contributed by atoms with Gasteiger partial charge in [-0.15, -0.1) is 0 Å². The van der Waals surface area contributed by atoms with Crippen LogP contribution in [0.1, 0.15) is 19.3 Å². The highest BCUT2D eigenvalue weighted by molar-refractivity contribution is 5.96. The van der Waals surface area contributed by atoms with Crippen LogP contribution in [-0.4, -0.2) is 55.0 Å². The lowest BCUT2D eigenvalue weighted by Crippen LogP contribution is -2.52. The number of urea groups is 1. The maximum absolute atomic E-state index is 11.5. The van der Waals surface area contributed by atoms with E-state index >= 15 is 0 Å². The van der Waals surface area contributed by atoms with Gasteiger partial charge in [-0.05, 0) is 32.4 Å². The van der Waals surface area contributed by atoms with Crippen molar-refractivity contribution in [1.29, 1.82) is 0 Å². The van der Waals surface area contributed by atoms with Crippen molar-refractivity contribution >= 4 is 11.9 Å². The fraction of sp³-hybridized carbons (Fsp3) is 0.818. The van der Waals surface area contributed by atoms with E-state index < -0.39 is 0 Å². The molecule has 2 aliphatic heterocycles. The number of imide groups is 1. The Morgan fingerprint density at radius 1 is 1.38 bits per heavy atom. The number of nitrogens with zero attached hydrogens (tertiary/aromatic N) is 2. The Morgan fingerprint density at radius 3 is 2.88 bits per heavy atom. The lowest BCUT2D eigenvalue weighted by molar-refractivity contribution is -0.121. The summed E-state index contributed by atoms with van der Waals surface area (Å²) >= 11 is 0. The van der Waals surface area contributed by atoms with Crippen molar-refractivity contribution in [2.24, 2.45) is 5.92 Å². The van der Waals surface area contributed by atoms with E-state index in [1.807, 2.05) is 0 Å². The minimum absolute atomic E-state index is 0.151. The predicted molar refractivity (Wildman–Crippen MR) is 59.9 cm³/mol. The van der Waals surface area contributed by atoms with E-state index in [-0.39, 0.29) is 11.9 Å². The van der Waals surface area contributed by atoms with E-state index in [0.29, 0.717) is 18.9 Å². The molecule has 0 bridgehead atoms. The minimum atomic E-state index is -0.218. The molecule has 1 N–H and O–H groups in total. The molecular weight excluding hydrogens is 206 g/mol. The Morgan fingerprint density at radius 2 is 2.19 bits per heavy atom. The third-order valence-corrected chi connectivity index (χ3v) is 3.34. The smallest absolute Gasteiger partial charge is 0.324 e. The largest absolute Gasteiger partial charge is 0.324 e. The number of likely N-dealkylation sites (tertiary alicyclic amines) is 1. The van der Waals surface area contributed by atoms with E-state index in [2.05, 4.69) is 17.3 Å². The van der Waals surface area contributed by atoms with E-state index in [1.54, 1.807) is 4.90 Å². The summed E-state index contributed by atoms with van der Waals surface area (Å²) in [5.74, 6) is 0.403. The Bertz CT molecular complexity index is 293. The van der Waals surface area contributed by atoms with Gasteiger partial charge in [0.25, 0.3) is 0 Å². The summed E-state index contributed by atoms with van der Waals surface area (Å²) in [5, 5.41) is 2.36. The fourth-order valence-electron chi connectivity index (χ4n) is 2.51. The van der Waals surface area contributed by atoms with Crippen LogP contribution >= 0.6 is 0 Å². The third-order valence-electron chi connectivity index (χ3n) is 3.34. The van der Waals surface area contributed by atoms with Gasteiger partial charge in [-0.3, -0.25) is 10.1 Å². The molecule has 2 rings (SSSR count). The maximum atomic E-state index is 11.5. The first-order chi connectivity index (χ1) is 7.65. The van der Waals surface area contributed by atoms with Crippen LogP contribution in [0.2, 0.25) is 0 Å². The molecule has 0 aliphatic carbocycles. The van der Waals surface area contributed by atoms with Gasteiger partial charge in [-0.2, -0.15) is 0 Å². The standard InChI is InChI=1S/C11H19N3O2/c1-13-5-2-3-9(7-13)8-14-6-4-10(15)12-11(14)16/h9H,2-8H2,1H3,(H,12,15,16). The van der Waals surface area contributed by atoms with Crippen molar-refractivity contribution in [2.75, 3.05) is 33.2 Å². The second kappa shape index (κ2) is 4.82. The van der Waals surface area contributed by atoms with Crippen molar-refractivity contribution in [1.82, 2.24) is 15.1 Å². The summed E-state index contributed by atoms with van der Waals surface area (Å²) in [6, 6.07) is -0.218. The number of nitrogens with one attached hydrogen (secondary N) is 1. The molecule has 0 saturated carbocycles. The average Bonchev–Trinajstić information content (AvgIpc) is 2.22. The topological polar surface area (TPSA) is 52.6 Å². The van der Waals surface area contributed by atoms with E-state index in [9.17, 15) is 9.59 Å². The first-order valence-electron chi connectivity index (χ1n) is 5.92. The van der Waals surface area contributed by atoms with Crippen LogP contribution in [0.25, 0.3) is 0 Å². The second-order valence-corrected chi connectivity index (χ2v) is 4.82. The molecule has 5 nitrogen and oxygen atoms in total. The zero-order valence-electron chi connectivity index (χ0n) is 9.74. The maximum Gasteiger partial charge on any atom is 0.324 e. The first kappa shape index (κ1) is 11.4. The second-order valence-electron chi connectivity index (χ2n) is 4.82. The molecular formula is C11H19N3O2. The van der Waals surface area contributed by atoms with Crippen molar-refractivity contribution in [3.05, 3.63) is 0 Å². The summed E-state index contributed by atoms with van der Waals surface area (Å²) in [7, 11) is 2.12. The average molecular weight is 225 g/mol. The Balaban J connectivity index is 1.84. The van der Waals surface area contributed by atoms with Gasteiger partial charge < -0.3 is 9.80 Å². The summed E-state index contributed by atoms with van der Waals surface area (Å²) in [4.78, 5) is 26.6. The SMILES string of the molecule is CN1CCCC(CN2CCC(=O)NC2=O)C1. The number of carbonyl (C=O) groups is 2. The van der Waals surface area contributed by atoms with Crippen LogP contribution < -0.4 is 5.32 Å². The van der Waals surface area contributed by atoms with Crippen LogP contribution in [0.3, 0.4) is 0 Å². The number of piperidine rings is 1. The van der Waals surface area contributed by atoms with Crippen LogP contribution in [0.15, 0.2) is 0 Å². The zero-order chi connectivity index (χ0) is 11.5.